The van der Waals surface area contributed by atoms with Crippen molar-refractivity contribution in [3.05, 3.63) is 102 Å². The SMILES string of the molecule is CCCC[C@H]1C(=O)N(C)[C@@H](CCCC)C(=O)N[C@@H](CC(C)C)C(=O)N[C@H](C(=O)NCC(N)=O)CSCC(=O)N[C@@H](Cc2ccc(O)cc2)C(=O)N(C)[C@@H](C)C(=O)N[C@@H](CC(N)=O)C(=O)N2CCC[C@H]2C(=O)N[C@@H](CN)C(=O)N[C@@H](CC(C)C)C(=O)N2C[C@H](O)C[C@H]2C(=O)C[C@@H](Cc2c[nH]c3ccccc23)C(=O)N[C@@H](CCN)C(=O)N[C@@H](Cc2nc(CC(=O)O)n3ccccc23)C(=O)N1C. The van der Waals surface area contributed by atoms with Crippen molar-refractivity contribution in [1.29, 1.82) is 0 Å². The van der Waals surface area contributed by atoms with Crippen LogP contribution in [0.25, 0.3) is 16.4 Å². The molecule has 3 aromatic heterocycles. The Hall–Kier alpha value is -12.6. The number of nitrogens with zero attached hydrogens (tertiary/aromatic N) is 7. The van der Waals surface area contributed by atoms with Gasteiger partial charge in [-0.2, -0.15) is 0 Å². The number of hydrogen-bond acceptors (Lipinski definition) is 24. The van der Waals surface area contributed by atoms with Crippen molar-refractivity contribution in [1.82, 2.24) is 86.7 Å². The van der Waals surface area contributed by atoms with Gasteiger partial charge in [0.2, 0.25) is 94.5 Å². The van der Waals surface area contributed by atoms with Crippen molar-refractivity contribution in [3.63, 3.8) is 0 Å². The number of phenols is 1. The first-order valence-corrected chi connectivity index (χ1v) is 46.6. The molecule has 2 aromatic carbocycles. The number of phenolic OH excluding ortho intramolecular Hbond substituents is 1. The van der Waals surface area contributed by atoms with Crippen molar-refractivity contribution >= 4 is 134 Å². The number of primary amides is 2. The number of likely N-dealkylation sites (N-methyl/N-ethyl adjacent to an activating group) is 3. The number of thioether (sulfide) groups is 1. The van der Waals surface area contributed by atoms with Gasteiger partial charge in [-0.3, -0.25) is 86.3 Å². The molecule has 732 valence electrons. The van der Waals surface area contributed by atoms with Crippen LogP contribution in [-0.2, 0) is 112 Å². The minimum atomic E-state index is -1.77. The van der Waals surface area contributed by atoms with Gasteiger partial charge in [0.15, 0.2) is 5.78 Å². The molecule has 21 N–H and O–H groups in total. The molecule has 15 atom stereocenters. The summed E-state index contributed by atoms with van der Waals surface area (Å²) >= 11 is 0.784. The lowest BCUT2D eigenvalue weighted by Crippen LogP contribution is -2.61. The van der Waals surface area contributed by atoms with Crippen molar-refractivity contribution in [3.8, 4) is 5.75 Å². The van der Waals surface area contributed by atoms with Crippen molar-refractivity contribution in [2.45, 2.75) is 249 Å². The van der Waals surface area contributed by atoms with E-state index in [-0.39, 0.29) is 106 Å². The highest BCUT2D eigenvalue weighted by molar-refractivity contribution is 8.00. The van der Waals surface area contributed by atoms with Crippen LogP contribution >= 0.6 is 11.8 Å². The highest BCUT2D eigenvalue weighted by atomic mass is 32.2. The van der Waals surface area contributed by atoms with Crippen LogP contribution in [0.15, 0.2) is 79.1 Å². The number of aromatic amines is 1. The Kier molecular flexibility index (Phi) is 40.2. The molecule has 3 aliphatic rings. The largest absolute Gasteiger partial charge is 0.508 e. The highest BCUT2D eigenvalue weighted by Crippen LogP contribution is 2.30. The maximum Gasteiger partial charge on any atom is 0.311 e. The molecule has 42 nitrogen and oxygen atoms in total. The van der Waals surface area contributed by atoms with Gasteiger partial charge in [-0.25, -0.2) is 4.98 Å². The molecule has 16 amide bonds. The maximum atomic E-state index is 15.9. The highest BCUT2D eigenvalue weighted by Gasteiger charge is 2.47. The molecule has 8 rings (SSSR count). The van der Waals surface area contributed by atoms with Crippen LogP contribution < -0.4 is 70.8 Å². The average Bonchev–Trinajstić information content (AvgIpc) is 1.64. The molecular weight excluding hydrogens is 1760 g/mol. The number of aliphatic hydroxyl groups excluding tert-OH is 1. The zero-order valence-corrected chi connectivity index (χ0v) is 78.4. The molecule has 3 saturated heterocycles. The van der Waals surface area contributed by atoms with E-state index < -0.39 is 254 Å². The van der Waals surface area contributed by atoms with Gasteiger partial charge in [-0.1, -0.05) is 104 Å². The minimum Gasteiger partial charge on any atom is -0.508 e. The monoisotopic (exact) mass is 1890 g/mol. The molecule has 6 heterocycles. The fourth-order valence-corrected chi connectivity index (χ4v) is 17.7. The summed E-state index contributed by atoms with van der Waals surface area (Å²) in [6.45, 7) is 9.85. The van der Waals surface area contributed by atoms with Crippen LogP contribution in [0.1, 0.15) is 161 Å². The number of hydrogen-bond donors (Lipinski definition) is 17. The minimum absolute atomic E-state index is 0.00132. The second-order valence-electron chi connectivity index (χ2n) is 35.4. The number of carbonyl (C=O) groups is 18. The fourth-order valence-electron chi connectivity index (χ4n) is 16.9. The number of carbonyl (C=O) groups excluding carboxylic acids is 17. The number of nitrogens with two attached hydrogens (primary N) is 4. The Morgan fingerprint density at radius 2 is 1.19 bits per heavy atom. The Bertz CT molecular complexity index is 5050. The van der Waals surface area contributed by atoms with Crippen LogP contribution in [0.4, 0.5) is 0 Å². The van der Waals surface area contributed by atoms with E-state index >= 15 is 33.6 Å². The van der Waals surface area contributed by atoms with E-state index in [9.17, 15) is 68.1 Å². The average molecular weight is 1890 g/mol. The van der Waals surface area contributed by atoms with E-state index in [4.69, 9.17) is 22.9 Å². The van der Waals surface area contributed by atoms with Crippen molar-refractivity contribution in [2.24, 2.45) is 40.7 Å². The Labute approximate surface area is 781 Å². The summed E-state index contributed by atoms with van der Waals surface area (Å²) < 4.78 is 1.50. The van der Waals surface area contributed by atoms with Gasteiger partial charge in [0, 0.05) is 101 Å². The van der Waals surface area contributed by atoms with Gasteiger partial charge in [0.1, 0.15) is 90.5 Å². The van der Waals surface area contributed by atoms with Gasteiger partial charge in [-0.05, 0) is 118 Å². The van der Waals surface area contributed by atoms with Crippen LogP contribution in [-0.4, -0.2) is 310 Å². The molecule has 0 spiro atoms. The number of carboxylic acid groups (broad SMARTS) is 1. The Morgan fingerprint density at radius 1 is 0.597 bits per heavy atom. The number of para-hydroxylation sites is 1. The second-order valence-corrected chi connectivity index (χ2v) is 36.5. The molecule has 0 saturated carbocycles. The number of aliphatic hydroxyl groups is 1. The number of fused-ring (bicyclic) bond motifs is 4. The number of aromatic hydroxyl groups is 1. The number of ketones is 1. The summed E-state index contributed by atoms with van der Waals surface area (Å²) in [6.07, 6.45) is -0.0761. The summed E-state index contributed by atoms with van der Waals surface area (Å²) in [5, 5.41) is 56.2. The van der Waals surface area contributed by atoms with E-state index in [1.807, 2.05) is 13.8 Å². The molecule has 3 fully saturated rings. The first kappa shape index (κ1) is 107. The number of rotatable bonds is 26. The molecule has 134 heavy (non-hydrogen) atoms. The number of carboxylic acids is 1. The number of amides is 16. The summed E-state index contributed by atoms with van der Waals surface area (Å²) in [4.78, 5) is 275. The summed E-state index contributed by atoms with van der Waals surface area (Å²) in [5.41, 5.74) is 25.7. The number of unbranched alkanes of at least 4 members (excludes halogenated alkanes) is 2. The predicted molar refractivity (Wildman–Crippen MR) is 493 cm³/mol. The lowest BCUT2D eigenvalue weighted by molar-refractivity contribution is -0.149. The van der Waals surface area contributed by atoms with E-state index in [0.29, 0.717) is 53.2 Å². The van der Waals surface area contributed by atoms with E-state index in [1.54, 1.807) is 82.6 Å². The summed E-state index contributed by atoms with van der Waals surface area (Å²) in [5.74, 6) is -19.8. The lowest BCUT2D eigenvalue weighted by Gasteiger charge is -2.36. The molecule has 0 unspecified atom stereocenters. The quantitative estimate of drug-likeness (QED) is 0.0287. The normalized spacial score (nSPS) is 25.0. The molecule has 5 aromatic rings. The number of aliphatic carboxylic acids is 1. The van der Waals surface area contributed by atoms with Gasteiger partial charge >= 0.3 is 5.97 Å². The molecular formula is C91H131N21O21S. The third-order valence-corrected chi connectivity index (χ3v) is 25.2. The van der Waals surface area contributed by atoms with E-state index in [2.05, 4.69) is 57.8 Å². The zero-order chi connectivity index (χ0) is 98.6. The van der Waals surface area contributed by atoms with Gasteiger partial charge in [-0.15, -0.1) is 11.8 Å². The number of aromatic nitrogens is 3. The molecule has 3 aliphatic heterocycles. The van der Waals surface area contributed by atoms with Gasteiger partial charge in [0.25, 0.3) is 0 Å². The smallest absolute Gasteiger partial charge is 0.311 e. The van der Waals surface area contributed by atoms with Gasteiger partial charge < -0.3 is 120 Å². The molecule has 43 heteroatoms. The van der Waals surface area contributed by atoms with Crippen LogP contribution in [0.2, 0.25) is 0 Å². The summed E-state index contributed by atoms with van der Waals surface area (Å²) in [7, 11) is 3.90. The standard InChI is InChI=1S/C91H131N21O21S/c1-11-13-22-69-85(127)101-61(34-49(3)4)83(125)106-67(81(123)97-45-75(95)117)47-134-48-77(118)99-63(36-52-26-28-55(113)29-27-52)87(129)107(8)51(7)79(121)102-65(41-74(94)116)89(131)111-33-19-25-70(111)86(128)105-66(43-93)84(126)103-62(35-50(5)6)90(132)112-46-56(114)39-72(112)73(115)38-53(37-54-44-96-58-21-16-15-20-57(54)58)80(122)100-59(30-31-92)82(124)104-64(88(130)109(10)71(23-14-12-2)91(133)108(69)9)40-60-68-24-17-18-32-110(68)76(98-60)42-78(119)120/h15-18,20-21,24,26-29,32,44,49-51,53,56,59,61-67,69-72,96,113-114H,11-14,19,22-23,25,30-31,33-43,45-48,92-93H2,1-10H3,(H2,94,116)(H2,95,117)(H,97,123)(H,99,118)(H,100,122)(H,101,127)(H,102,121)(H,103,126)(H,104,124)(H,105,128)(H,106,125)(H,119,120)/t51-,53+,56+,59-,61-,62-,63-,64-,65-,66-,67-,69-,70-,71-,72-/m0/s1. The maximum absolute atomic E-state index is 15.9. The van der Waals surface area contributed by atoms with Crippen LogP contribution in [0.3, 0.4) is 0 Å². The molecule has 0 bridgehead atoms. The number of benzene rings is 2. The number of nitrogens with one attached hydrogen (secondary N) is 10. The summed E-state index contributed by atoms with van der Waals surface area (Å²) in [6, 6.07) is -2.18. The predicted octanol–water partition coefficient (Wildman–Crippen LogP) is -1.91. The second kappa shape index (κ2) is 50.5. The topological polar surface area (TPSA) is 630 Å². The molecule has 0 radical (unpaired) electrons. The van der Waals surface area contributed by atoms with E-state index in [0.717, 1.165) is 36.3 Å². The number of H-pyrrole nitrogens is 1. The number of imidazole rings is 1. The zero-order valence-electron chi connectivity index (χ0n) is 77.5. The van der Waals surface area contributed by atoms with E-state index in [1.165, 1.54) is 56.7 Å². The fraction of sp³-hybridized carbons (Fsp3) is 0.571. The van der Waals surface area contributed by atoms with Gasteiger partial charge in [0.05, 0.1) is 42.1 Å². The number of Topliss-reactive ketones (excluding diaryl/α,β-unsaturated/α-hetero) is 1. The van der Waals surface area contributed by atoms with Crippen molar-refractivity contribution in [2.75, 3.05) is 65.4 Å². The first-order chi connectivity index (χ1) is 63.6. The molecule has 0 aliphatic carbocycles. The Morgan fingerprint density at radius 3 is 1.84 bits per heavy atom. The first-order valence-electron chi connectivity index (χ1n) is 45.4. The Balaban J connectivity index is 1.21. The number of pyridine rings is 1. The third kappa shape index (κ3) is 29.4. The third-order valence-electron chi connectivity index (χ3n) is 24.2. The van der Waals surface area contributed by atoms with Crippen LogP contribution in [0, 0.1) is 17.8 Å². The van der Waals surface area contributed by atoms with Crippen LogP contribution in [0.5, 0.6) is 5.75 Å². The lowest BCUT2D eigenvalue weighted by atomic mass is 9.90. The van der Waals surface area contributed by atoms with Crippen molar-refractivity contribution < 1.29 is 102 Å².